The lowest BCUT2D eigenvalue weighted by Crippen LogP contribution is -2.11. The van der Waals surface area contributed by atoms with E-state index in [2.05, 4.69) is 10.3 Å². The van der Waals surface area contributed by atoms with Gasteiger partial charge in [0.1, 0.15) is 11.6 Å². The van der Waals surface area contributed by atoms with E-state index in [4.69, 9.17) is 0 Å². The SMILES string of the molecule is O=C(Nc1nc2ccc(F)cc2s1)c1cccc(F)c1. The Morgan fingerprint density at radius 2 is 1.90 bits per heavy atom. The number of nitrogens with one attached hydrogen (secondary N) is 1. The molecule has 0 aliphatic rings. The van der Waals surface area contributed by atoms with Crippen molar-refractivity contribution in [1.82, 2.24) is 4.98 Å². The first-order chi connectivity index (χ1) is 9.61. The van der Waals surface area contributed by atoms with Crippen LogP contribution in [0.3, 0.4) is 0 Å². The van der Waals surface area contributed by atoms with Crippen LogP contribution in [0.4, 0.5) is 13.9 Å². The van der Waals surface area contributed by atoms with Crippen LogP contribution in [0.5, 0.6) is 0 Å². The number of thiazole rings is 1. The molecule has 1 heterocycles. The maximum atomic E-state index is 13.1. The molecule has 1 aromatic heterocycles. The summed E-state index contributed by atoms with van der Waals surface area (Å²) in [5.41, 5.74) is 0.807. The monoisotopic (exact) mass is 290 g/mol. The van der Waals surface area contributed by atoms with Crippen molar-refractivity contribution in [2.24, 2.45) is 0 Å². The Bertz CT molecular complexity index is 801. The summed E-state index contributed by atoms with van der Waals surface area (Å²) >= 11 is 1.16. The van der Waals surface area contributed by atoms with Crippen LogP contribution in [0.1, 0.15) is 10.4 Å². The van der Waals surface area contributed by atoms with Gasteiger partial charge >= 0.3 is 0 Å². The molecule has 0 saturated carbocycles. The van der Waals surface area contributed by atoms with Gasteiger partial charge in [0.25, 0.3) is 5.91 Å². The third-order valence-corrected chi connectivity index (χ3v) is 3.59. The van der Waals surface area contributed by atoms with Crippen molar-refractivity contribution in [1.29, 1.82) is 0 Å². The van der Waals surface area contributed by atoms with Crippen LogP contribution in [0.25, 0.3) is 10.2 Å². The molecule has 0 bridgehead atoms. The average molecular weight is 290 g/mol. The third-order valence-electron chi connectivity index (χ3n) is 2.66. The lowest BCUT2D eigenvalue weighted by molar-refractivity contribution is 0.102. The largest absolute Gasteiger partial charge is 0.298 e. The molecular formula is C14H8F2N2OS. The van der Waals surface area contributed by atoms with Gasteiger partial charge in [0.15, 0.2) is 5.13 Å². The van der Waals surface area contributed by atoms with Crippen molar-refractivity contribution < 1.29 is 13.6 Å². The van der Waals surface area contributed by atoms with Crippen molar-refractivity contribution in [2.45, 2.75) is 0 Å². The summed E-state index contributed by atoms with van der Waals surface area (Å²) < 4.78 is 26.7. The lowest BCUT2D eigenvalue weighted by Gasteiger charge is -2.00. The molecule has 6 heteroatoms. The molecule has 0 aliphatic heterocycles. The fourth-order valence-electron chi connectivity index (χ4n) is 1.75. The number of anilines is 1. The molecule has 1 amide bonds. The molecule has 20 heavy (non-hydrogen) atoms. The van der Waals surface area contributed by atoms with E-state index in [1.807, 2.05) is 0 Å². The number of hydrogen-bond donors (Lipinski definition) is 1. The number of rotatable bonds is 2. The maximum absolute atomic E-state index is 13.1. The molecule has 0 spiro atoms. The maximum Gasteiger partial charge on any atom is 0.257 e. The minimum absolute atomic E-state index is 0.204. The van der Waals surface area contributed by atoms with Crippen molar-refractivity contribution in [2.75, 3.05) is 5.32 Å². The highest BCUT2D eigenvalue weighted by atomic mass is 32.1. The zero-order valence-corrected chi connectivity index (χ0v) is 10.9. The Morgan fingerprint density at radius 1 is 1.10 bits per heavy atom. The van der Waals surface area contributed by atoms with Crippen molar-refractivity contribution in [3.05, 3.63) is 59.7 Å². The fourth-order valence-corrected chi connectivity index (χ4v) is 2.64. The zero-order chi connectivity index (χ0) is 14.1. The number of carbonyl (C=O) groups excluding carboxylic acids is 1. The van der Waals surface area contributed by atoms with E-state index >= 15 is 0 Å². The molecule has 100 valence electrons. The van der Waals surface area contributed by atoms with Gasteiger partial charge in [0.2, 0.25) is 0 Å². The highest BCUT2D eigenvalue weighted by Crippen LogP contribution is 2.26. The van der Waals surface area contributed by atoms with Gasteiger partial charge in [-0.05, 0) is 36.4 Å². The number of hydrogen-bond acceptors (Lipinski definition) is 3. The number of carbonyl (C=O) groups is 1. The summed E-state index contributed by atoms with van der Waals surface area (Å²) in [5, 5.41) is 2.92. The Labute approximate surface area is 116 Å². The Morgan fingerprint density at radius 3 is 2.70 bits per heavy atom. The van der Waals surface area contributed by atoms with Gasteiger partial charge < -0.3 is 0 Å². The molecule has 2 aromatic carbocycles. The van der Waals surface area contributed by atoms with Gasteiger partial charge in [-0.3, -0.25) is 10.1 Å². The average Bonchev–Trinajstić information content (AvgIpc) is 2.80. The van der Waals surface area contributed by atoms with E-state index in [1.165, 1.54) is 30.3 Å². The number of fused-ring (bicyclic) bond motifs is 1. The molecule has 0 saturated heterocycles. The summed E-state index contributed by atoms with van der Waals surface area (Å²) in [4.78, 5) is 16.1. The highest BCUT2D eigenvalue weighted by molar-refractivity contribution is 7.22. The predicted molar refractivity (Wildman–Crippen MR) is 73.9 cm³/mol. The van der Waals surface area contributed by atoms with Crippen LogP contribution in [0.2, 0.25) is 0 Å². The normalized spacial score (nSPS) is 10.7. The van der Waals surface area contributed by atoms with Crippen molar-refractivity contribution >= 4 is 32.6 Å². The van der Waals surface area contributed by atoms with Crippen LogP contribution in [-0.2, 0) is 0 Å². The first-order valence-electron chi connectivity index (χ1n) is 5.75. The van der Waals surface area contributed by atoms with E-state index in [1.54, 1.807) is 6.07 Å². The molecule has 3 nitrogen and oxygen atoms in total. The third kappa shape index (κ3) is 2.50. The van der Waals surface area contributed by atoms with E-state index in [-0.39, 0.29) is 11.4 Å². The molecule has 0 aliphatic carbocycles. The predicted octanol–water partition coefficient (Wildman–Crippen LogP) is 3.83. The Balaban J connectivity index is 1.87. The van der Waals surface area contributed by atoms with Gasteiger partial charge in [-0.1, -0.05) is 17.4 Å². The van der Waals surface area contributed by atoms with Gasteiger partial charge in [-0.25, -0.2) is 13.8 Å². The standard InChI is InChI=1S/C14H8F2N2OS/c15-9-3-1-2-8(6-9)13(19)18-14-17-11-5-4-10(16)7-12(11)20-14/h1-7H,(H,17,18,19). The number of benzene rings is 2. The number of aromatic nitrogens is 1. The molecule has 3 aromatic rings. The molecular weight excluding hydrogens is 282 g/mol. The van der Waals surface area contributed by atoms with Crippen LogP contribution in [0.15, 0.2) is 42.5 Å². The summed E-state index contributed by atoms with van der Waals surface area (Å²) in [6.07, 6.45) is 0. The second-order valence-corrected chi connectivity index (χ2v) is 5.13. The topological polar surface area (TPSA) is 42.0 Å². The molecule has 3 rings (SSSR count). The van der Waals surface area contributed by atoms with Crippen LogP contribution in [0, 0.1) is 11.6 Å². The smallest absolute Gasteiger partial charge is 0.257 e. The summed E-state index contributed by atoms with van der Waals surface area (Å²) in [5.74, 6) is -1.29. The summed E-state index contributed by atoms with van der Waals surface area (Å²) in [6, 6.07) is 9.56. The van der Waals surface area contributed by atoms with E-state index < -0.39 is 11.7 Å². The second-order valence-electron chi connectivity index (χ2n) is 4.10. The molecule has 1 N–H and O–H groups in total. The molecule has 0 fully saturated rings. The minimum Gasteiger partial charge on any atom is -0.298 e. The summed E-state index contributed by atoms with van der Waals surface area (Å²) in [7, 11) is 0. The van der Waals surface area contributed by atoms with Gasteiger partial charge in [0, 0.05) is 5.56 Å². The fraction of sp³-hybridized carbons (Fsp3) is 0. The van der Waals surface area contributed by atoms with Gasteiger partial charge in [-0.15, -0.1) is 0 Å². The summed E-state index contributed by atoms with van der Waals surface area (Å²) in [6.45, 7) is 0. The molecule has 0 radical (unpaired) electrons. The van der Waals surface area contributed by atoms with Crippen LogP contribution < -0.4 is 5.32 Å². The van der Waals surface area contributed by atoms with E-state index in [0.29, 0.717) is 15.3 Å². The Kier molecular flexibility index (Phi) is 3.15. The van der Waals surface area contributed by atoms with Crippen molar-refractivity contribution in [3.63, 3.8) is 0 Å². The molecule has 0 atom stereocenters. The van der Waals surface area contributed by atoms with Gasteiger partial charge in [-0.2, -0.15) is 0 Å². The number of nitrogens with zero attached hydrogens (tertiary/aromatic N) is 1. The quantitative estimate of drug-likeness (QED) is 0.779. The first kappa shape index (κ1) is 12.7. The van der Waals surface area contributed by atoms with Crippen molar-refractivity contribution in [3.8, 4) is 0 Å². The van der Waals surface area contributed by atoms with E-state index in [9.17, 15) is 13.6 Å². The van der Waals surface area contributed by atoms with Gasteiger partial charge in [0.05, 0.1) is 10.2 Å². The zero-order valence-electron chi connectivity index (χ0n) is 10.1. The van der Waals surface area contributed by atoms with Crippen LogP contribution >= 0.6 is 11.3 Å². The Hall–Kier alpha value is -2.34. The minimum atomic E-state index is -0.482. The highest BCUT2D eigenvalue weighted by Gasteiger charge is 2.10. The van der Waals surface area contributed by atoms with E-state index in [0.717, 1.165) is 17.4 Å². The number of amides is 1. The van der Waals surface area contributed by atoms with Crippen LogP contribution in [-0.4, -0.2) is 10.9 Å². The number of halogens is 2. The molecule has 0 unspecified atom stereocenters. The lowest BCUT2D eigenvalue weighted by atomic mass is 10.2. The second kappa shape index (κ2) is 4.97. The first-order valence-corrected chi connectivity index (χ1v) is 6.56.